The van der Waals surface area contributed by atoms with Crippen LogP contribution in [0.2, 0.25) is 0 Å². The van der Waals surface area contributed by atoms with E-state index in [1.54, 1.807) is 6.26 Å². The summed E-state index contributed by atoms with van der Waals surface area (Å²) in [5.41, 5.74) is 5.89. The molecule has 1 aromatic rings. The van der Waals surface area contributed by atoms with Gasteiger partial charge in [-0.25, -0.2) is 0 Å². The molecule has 0 aliphatic heterocycles. The first-order chi connectivity index (χ1) is 5.70. The zero-order chi connectivity index (χ0) is 8.97. The van der Waals surface area contributed by atoms with Crippen LogP contribution in [0.3, 0.4) is 0 Å². The third-order valence-electron chi connectivity index (χ3n) is 2.16. The second kappa shape index (κ2) is 4.31. The monoisotopic (exact) mass is 167 g/mol. The molecule has 1 rings (SSSR count). The molecule has 0 bridgehead atoms. The van der Waals surface area contributed by atoms with Crippen molar-refractivity contribution in [2.45, 2.75) is 32.7 Å². The van der Waals surface area contributed by atoms with Gasteiger partial charge in [-0.2, -0.15) is 0 Å². The Morgan fingerprint density at radius 2 is 2.25 bits per heavy atom. The van der Waals surface area contributed by atoms with Crippen molar-refractivity contribution in [2.24, 2.45) is 11.7 Å². The molecule has 0 spiro atoms. The van der Waals surface area contributed by atoms with Gasteiger partial charge in [0.05, 0.1) is 6.26 Å². The topological polar surface area (TPSA) is 39.2 Å². The maximum Gasteiger partial charge on any atom is 0.103 e. The van der Waals surface area contributed by atoms with Gasteiger partial charge in [-0.1, -0.05) is 13.8 Å². The normalized spacial score (nSPS) is 13.7. The first kappa shape index (κ1) is 9.33. The molecule has 1 atom stereocenters. The molecule has 0 saturated heterocycles. The van der Waals surface area contributed by atoms with E-state index in [4.69, 9.17) is 10.2 Å². The summed E-state index contributed by atoms with van der Waals surface area (Å²) in [7, 11) is 0. The maximum absolute atomic E-state index is 5.89. The third kappa shape index (κ3) is 2.70. The fraction of sp³-hybridized carbons (Fsp3) is 0.600. The van der Waals surface area contributed by atoms with Crippen molar-refractivity contribution in [3.8, 4) is 0 Å². The van der Waals surface area contributed by atoms with E-state index in [1.165, 1.54) is 0 Å². The van der Waals surface area contributed by atoms with E-state index in [1.807, 2.05) is 12.1 Å². The summed E-state index contributed by atoms with van der Waals surface area (Å²) in [6, 6.07) is 4.19. The smallest absolute Gasteiger partial charge is 0.103 e. The molecule has 12 heavy (non-hydrogen) atoms. The molecule has 0 fully saturated rings. The molecule has 2 nitrogen and oxygen atoms in total. The summed E-state index contributed by atoms with van der Waals surface area (Å²) in [4.78, 5) is 0. The predicted octanol–water partition coefficient (Wildman–Crippen LogP) is 2.20. The summed E-state index contributed by atoms with van der Waals surface area (Å²) >= 11 is 0. The molecule has 2 N–H and O–H groups in total. The number of aryl methyl sites for hydroxylation is 1. The van der Waals surface area contributed by atoms with Gasteiger partial charge in [-0.05, 0) is 24.5 Å². The van der Waals surface area contributed by atoms with E-state index in [0.29, 0.717) is 5.92 Å². The zero-order valence-corrected chi connectivity index (χ0v) is 7.79. The van der Waals surface area contributed by atoms with E-state index < -0.39 is 0 Å². The first-order valence-corrected chi connectivity index (χ1v) is 4.48. The molecule has 0 aromatic carbocycles. The molecule has 0 unspecified atom stereocenters. The summed E-state index contributed by atoms with van der Waals surface area (Å²) in [5.74, 6) is 1.59. The molecule has 1 aromatic heterocycles. The van der Waals surface area contributed by atoms with E-state index in [0.717, 1.165) is 18.6 Å². The van der Waals surface area contributed by atoms with E-state index in [-0.39, 0.29) is 6.04 Å². The van der Waals surface area contributed by atoms with Crippen molar-refractivity contribution in [1.29, 1.82) is 0 Å². The molecule has 0 aliphatic rings. The molecule has 2 heteroatoms. The Morgan fingerprint density at radius 3 is 2.75 bits per heavy atom. The average Bonchev–Trinajstić information content (AvgIpc) is 2.51. The van der Waals surface area contributed by atoms with Crippen molar-refractivity contribution in [1.82, 2.24) is 0 Å². The second-order valence-electron chi connectivity index (χ2n) is 3.53. The van der Waals surface area contributed by atoms with Gasteiger partial charge < -0.3 is 10.2 Å². The molecular formula is C10H17NO. The average molecular weight is 167 g/mol. The highest BCUT2D eigenvalue weighted by Crippen LogP contribution is 2.09. The second-order valence-corrected chi connectivity index (χ2v) is 3.53. The van der Waals surface area contributed by atoms with Gasteiger partial charge in [0.1, 0.15) is 5.76 Å². The lowest BCUT2D eigenvalue weighted by atomic mass is 10.00. The van der Waals surface area contributed by atoms with Crippen molar-refractivity contribution >= 4 is 0 Å². The Bertz CT molecular complexity index is 204. The summed E-state index contributed by atoms with van der Waals surface area (Å²) < 4.78 is 5.21. The zero-order valence-electron chi connectivity index (χ0n) is 7.79. The number of nitrogens with two attached hydrogens (primary N) is 1. The van der Waals surface area contributed by atoms with Crippen LogP contribution in [0.25, 0.3) is 0 Å². The van der Waals surface area contributed by atoms with Crippen LogP contribution in [0.5, 0.6) is 0 Å². The Hall–Kier alpha value is -0.760. The molecule has 0 amide bonds. The molecule has 68 valence electrons. The predicted molar refractivity (Wildman–Crippen MR) is 49.8 cm³/mol. The molecular weight excluding hydrogens is 150 g/mol. The summed E-state index contributed by atoms with van der Waals surface area (Å²) in [6.07, 6.45) is 3.66. The SMILES string of the molecule is CC(C)[C@H](N)CCc1ccco1. The minimum Gasteiger partial charge on any atom is -0.469 e. The molecule has 0 radical (unpaired) electrons. The van der Waals surface area contributed by atoms with Gasteiger partial charge >= 0.3 is 0 Å². The van der Waals surface area contributed by atoms with E-state index >= 15 is 0 Å². The Balaban J connectivity index is 2.27. The standard InChI is InChI=1S/C10H17NO/c1-8(2)10(11)6-5-9-4-3-7-12-9/h3-4,7-8,10H,5-6,11H2,1-2H3/t10-/m1/s1. The van der Waals surface area contributed by atoms with Crippen LogP contribution >= 0.6 is 0 Å². The van der Waals surface area contributed by atoms with Gasteiger partial charge in [0, 0.05) is 12.5 Å². The first-order valence-electron chi connectivity index (χ1n) is 4.48. The largest absolute Gasteiger partial charge is 0.469 e. The van der Waals surface area contributed by atoms with Crippen molar-refractivity contribution < 1.29 is 4.42 Å². The lowest BCUT2D eigenvalue weighted by Crippen LogP contribution is -2.26. The Labute approximate surface area is 73.8 Å². The quantitative estimate of drug-likeness (QED) is 0.746. The van der Waals surface area contributed by atoms with Crippen LogP contribution < -0.4 is 5.73 Å². The summed E-state index contributed by atoms with van der Waals surface area (Å²) in [5, 5.41) is 0. The van der Waals surface area contributed by atoms with Crippen molar-refractivity contribution in [2.75, 3.05) is 0 Å². The fourth-order valence-corrected chi connectivity index (χ4v) is 1.10. The van der Waals surface area contributed by atoms with Crippen LogP contribution in [0.4, 0.5) is 0 Å². The maximum atomic E-state index is 5.89. The number of furan rings is 1. The van der Waals surface area contributed by atoms with Crippen molar-refractivity contribution in [3.63, 3.8) is 0 Å². The minimum absolute atomic E-state index is 0.287. The van der Waals surface area contributed by atoms with Crippen LogP contribution in [-0.4, -0.2) is 6.04 Å². The van der Waals surface area contributed by atoms with Crippen LogP contribution in [-0.2, 0) is 6.42 Å². The number of hydrogen-bond acceptors (Lipinski definition) is 2. The van der Waals surface area contributed by atoms with Gasteiger partial charge in [0.15, 0.2) is 0 Å². The van der Waals surface area contributed by atoms with Gasteiger partial charge in [-0.3, -0.25) is 0 Å². The molecule has 0 saturated carbocycles. The fourth-order valence-electron chi connectivity index (χ4n) is 1.10. The Morgan fingerprint density at radius 1 is 1.50 bits per heavy atom. The van der Waals surface area contributed by atoms with Crippen LogP contribution in [0, 0.1) is 5.92 Å². The molecule has 0 aliphatic carbocycles. The third-order valence-corrected chi connectivity index (χ3v) is 2.16. The summed E-state index contributed by atoms with van der Waals surface area (Å²) in [6.45, 7) is 4.29. The highest BCUT2D eigenvalue weighted by molar-refractivity contribution is 4.98. The highest BCUT2D eigenvalue weighted by atomic mass is 16.3. The van der Waals surface area contributed by atoms with Crippen LogP contribution in [0.15, 0.2) is 22.8 Å². The van der Waals surface area contributed by atoms with Gasteiger partial charge in [0.2, 0.25) is 0 Å². The van der Waals surface area contributed by atoms with Gasteiger partial charge in [0.25, 0.3) is 0 Å². The number of rotatable bonds is 4. The van der Waals surface area contributed by atoms with E-state index in [9.17, 15) is 0 Å². The van der Waals surface area contributed by atoms with E-state index in [2.05, 4.69) is 13.8 Å². The van der Waals surface area contributed by atoms with Gasteiger partial charge in [-0.15, -0.1) is 0 Å². The lowest BCUT2D eigenvalue weighted by molar-refractivity contribution is 0.433. The Kier molecular flexibility index (Phi) is 3.35. The van der Waals surface area contributed by atoms with Crippen LogP contribution in [0.1, 0.15) is 26.0 Å². The minimum atomic E-state index is 0.287. The van der Waals surface area contributed by atoms with Crippen molar-refractivity contribution in [3.05, 3.63) is 24.2 Å². The number of hydrogen-bond donors (Lipinski definition) is 1. The molecule has 1 heterocycles. The lowest BCUT2D eigenvalue weighted by Gasteiger charge is -2.13. The highest BCUT2D eigenvalue weighted by Gasteiger charge is 2.07.